The Morgan fingerprint density at radius 2 is 1.79 bits per heavy atom. The van der Waals surface area contributed by atoms with Crippen LogP contribution >= 0.6 is 0 Å². The molecule has 1 saturated carbocycles. The molecule has 2 rings (SSSR count). The first-order valence-electron chi connectivity index (χ1n) is 6.97. The first kappa shape index (κ1) is 14.3. The smallest absolute Gasteiger partial charge is 0.317 e. The minimum Gasteiger partial charge on any atom is -0.481 e. The van der Waals surface area contributed by atoms with Crippen molar-refractivity contribution in [1.82, 2.24) is 10.2 Å². The SMILES string of the molecule is O=C(O)CN1CC(NC2CCCC2)CC(C(=O)O)C1. The summed E-state index contributed by atoms with van der Waals surface area (Å²) in [5.41, 5.74) is 0. The molecule has 0 radical (unpaired) electrons. The first-order chi connectivity index (χ1) is 9.04. The minimum absolute atomic E-state index is 0.0768. The summed E-state index contributed by atoms with van der Waals surface area (Å²) in [5, 5.41) is 21.5. The van der Waals surface area contributed by atoms with E-state index in [2.05, 4.69) is 5.32 Å². The van der Waals surface area contributed by atoms with E-state index in [0.29, 0.717) is 25.6 Å². The predicted octanol–water partition coefficient (Wildman–Crippen LogP) is 0.378. The lowest BCUT2D eigenvalue weighted by Crippen LogP contribution is -2.53. The minimum atomic E-state index is -0.898. The normalized spacial score (nSPS) is 29.5. The van der Waals surface area contributed by atoms with Gasteiger partial charge in [0.15, 0.2) is 0 Å². The number of carbonyl (C=O) groups is 2. The second-order valence-corrected chi connectivity index (χ2v) is 5.70. The van der Waals surface area contributed by atoms with Crippen LogP contribution in [0.25, 0.3) is 0 Å². The van der Waals surface area contributed by atoms with Crippen LogP contribution in [0, 0.1) is 5.92 Å². The van der Waals surface area contributed by atoms with Crippen molar-refractivity contribution in [2.24, 2.45) is 5.92 Å². The fraction of sp³-hybridized carbons (Fsp3) is 0.846. The van der Waals surface area contributed by atoms with Crippen LogP contribution in [0.3, 0.4) is 0 Å². The van der Waals surface area contributed by atoms with E-state index in [1.807, 2.05) is 0 Å². The van der Waals surface area contributed by atoms with Crippen LogP contribution in [0.5, 0.6) is 0 Å². The molecule has 108 valence electrons. The van der Waals surface area contributed by atoms with Crippen molar-refractivity contribution in [3.63, 3.8) is 0 Å². The van der Waals surface area contributed by atoms with Gasteiger partial charge in [0.1, 0.15) is 0 Å². The first-order valence-corrected chi connectivity index (χ1v) is 6.97. The number of aliphatic carboxylic acids is 2. The molecule has 0 aromatic rings. The van der Waals surface area contributed by atoms with Crippen LogP contribution in [-0.4, -0.2) is 58.8 Å². The Kier molecular flexibility index (Phi) is 4.76. The molecule has 0 bridgehead atoms. The van der Waals surface area contributed by atoms with Crippen LogP contribution < -0.4 is 5.32 Å². The number of likely N-dealkylation sites (tertiary alicyclic amines) is 1. The van der Waals surface area contributed by atoms with Gasteiger partial charge in [-0.15, -0.1) is 0 Å². The lowest BCUT2D eigenvalue weighted by molar-refractivity contribution is -0.146. The van der Waals surface area contributed by atoms with Gasteiger partial charge in [0.2, 0.25) is 0 Å². The fourth-order valence-corrected chi connectivity index (χ4v) is 3.24. The Bertz CT molecular complexity index is 342. The molecular weight excluding hydrogens is 248 g/mol. The highest BCUT2D eigenvalue weighted by Crippen LogP contribution is 2.22. The molecule has 19 heavy (non-hydrogen) atoms. The van der Waals surface area contributed by atoms with Gasteiger partial charge in [-0.3, -0.25) is 14.5 Å². The van der Waals surface area contributed by atoms with E-state index in [0.717, 1.165) is 12.8 Å². The number of carboxylic acid groups (broad SMARTS) is 2. The van der Waals surface area contributed by atoms with Gasteiger partial charge < -0.3 is 15.5 Å². The summed E-state index contributed by atoms with van der Waals surface area (Å²) in [5.74, 6) is -2.19. The third-order valence-corrected chi connectivity index (χ3v) is 4.06. The summed E-state index contributed by atoms with van der Waals surface area (Å²) in [6.07, 6.45) is 5.35. The maximum Gasteiger partial charge on any atom is 0.317 e. The third-order valence-electron chi connectivity index (χ3n) is 4.06. The topological polar surface area (TPSA) is 89.9 Å². The molecule has 2 unspecified atom stereocenters. The van der Waals surface area contributed by atoms with Crippen LogP contribution in [-0.2, 0) is 9.59 Å². The van der Waals surface area contributed by atoms with E-state index in [9.17, 15) is 9.59 Å². The monoisotopic (exact) mass is 270 g/mol. The molecule has 3 N–H and O–H groups in total. The lowest BCUT2D eigenvalue weighted by Gasteiger charge is -2.37. The zero-order valence-corrected chi connectivity index (χ0v) is 11.0. The van der Waals surface area contributed by atoms with Gasteiger partial charge in [-0.05, 0) is 19.3 Å². The van der Waals surface area contributed by atoms with Crippen molar-refractivity contribution in [2.45, 2.75) is 44.2 Å². The van der Waals surface area contributed by atoms with Crippen molar-refractivity contribution in [2.75, 3.05) is 19.6 Å². The standard InChI is InChI=1S/C13H22N2O4/c16-12(17)8-15-6-9(13(18)19)5-11(7-15)14-10-3-1-2-4-10/h9-11,14H,1-8H2,(H,16,17)(H,18,19). The van der Waals surface area contributed by atoms with E-state index in [1.165, 1.54) is 12.8 Å². The van der Waals surface area contributed by atoms with Gasteiger partial charge >= 0.3 is 11.9 Å². The zero-order chi connectivity index (χ0) is 13.8. The average molecular weight is 270 g/mol. The molecule has 2 fully saturated rings. The van der Waals surface area contributed by atoms with Crippen LogP contribution in [0.1, 0.15) is 32.1 Å². The Hall–Kier alpha value is -1.14. The van der Waals surface area contributed by atoms with Crippen LogP contribution in [0.15, 0.2) is 0 Å². The summed E-state index contributed by atoms with van der Waals surface area (Å²) in [6.45, 7) is 0.893. The summed E-state index contributed by atoms with van der Waals surface area (Å²) < 4.78 is 0. The molecule has 6 heteroatoms. The second-order valence-electron chi connectivity index (χ2n) is 5.70. The maximum absolute atomic E-state index is 11.2. The number of rotatable bonds is 5. The molecule has 2 atom stereocenters. The van der Waals surface area contributed by atoms with E-state index in [4.69, 9.17) is 10.2 Å². The van der Waals surface area contributed by atoms with E-state index in [1.54, 1.807) is 4.90 Å². The molecule has 1 aliphatic heterocycles. The Morgan fingerprint density at radius 1 is 1.11 bits per heavy atom. The van der Waals surface area contributed by atoms with E-state index in [-0.39, 0.29) is 12.6 Å². The van der Waals surface area contributed by atoms with Gasteiger partial charge in [-0.1, -0.05) is 12.8 Å². The zero-order valence-electron chi connectivity index (χ0n) is 11.0. The van der Waals surface area contributed by atoms with Crippen LogP contribution in [0.2, 0.25) is 0 Å². The summed E-state index contributed by atoms with van der Waals surface area (Å²) >= 11 is 0. The molecule has 0 amide bonds. The molecule has 2 aliphatic rings. The molecule has 0 aromatic carbocycles. The number of carboxylic acids is 2. The van der Waals surface area contributed by atoms with Crippen molar-refractivity contribution >= 4 is 11.9 Å². The summed E-state index contributed by atoms with van der Waals surface area (Å²) in [7, 11) is 0. The van der Waals surface area contributed by atoms with Gasteiger partial charge in [0.05, 0.1) is 12.5 Å². The molecule has 1 aliphatic carbocycles. The van der Waals surface area contributed by atoms with E-state index < -0.39 is 17.9 Å². The maximum atomic E-state index is 11.2. The molecule has 0 aromatic heterocycles. The van der Waals surface area contributed by atoms with Gasteiger partial charge in [-0.2, -0.15) is 0 Å². The molecular formula is C13H22N2O4. The highest BCUT2D eigenvalue weighted by atomic mass is 16.4. The highest BCUT2D eigenvalue weighted by Gasteiger charge is 2.33. The second kappa shape index (κ2) is 6.34. The van der Waals surface area contributed by atoms with Crippen molar-refractivity contribution in [3.05, 3.63) is 0 Å². The quantitative estimate of drug-likeness (QED) is 0.669. The van der Waals surface area contributed by atoms with Crippen molar-refractivity contribution in [1.29, 1.82) is 0 Å². The Balaban J connectivity index is 1.92. The Morgan fingerprint density at radius 3 is 2.37 bits per heavy atom. The number of piperidine rings is 1. The average Bonchev–Trinajstić information content (AvgIpc) is 2.80. The molecule has 0 spiro atoms. The van der Waals surface area contributed by atoms with Crippen molar-refractivity contribution < 1.29 is 19.8 Å². The third kappa shape index (κ3) is 4.18. The lowest BCUT2D eigenvalue weighted by atomic mass is 9.93. The molecule has 1 saturated heterocycles. The van der Waals surface area contributed by atoms with Gasteiger partial charge in [0, 0.05) is 25.2 Å². The Labute approximate surface area is 112 Å². The summed E-state index contributed by atoms with van der Waals surface area (Å²) in [4.78, 5) is 23.7. The number of nitrogens with one attached hydrogen (secondary N) is 1. The molecule has 6 nitrogen and oxygen atoms in total. The molecule has 1 heterocycles. The predicted molar refractivity (Wildman–Crippen MR) is 69.0 cm³/mol. The summed E-state index contributed by atoms with van der Waals surface area (Å²) in [6, 6.07) is 0.571. The highest BCUT2D eigenvalue weighted by molar-refractivity contribution is 5.71. The van der Waals surface area contributed by atoms with Crippen LogP contribution in [0.4, 0.5) is 0 Å². The fourth-order valence-electron chi connectivity index (χ4n) is 3.24. The number of nitrogens with zero attached hydrogens (tertiary/aromatic N) is 1. The number of hydrogen-bond acceptors (Lipinski definition) is 4. The largest absolute Gasteiger partial charge is 0.481 e. The van der Waals surface area contributed by atoms with E-state index >= 15 is 0 Å². The van der Waals surface area contributed by atoms with Crippen molar-refractivity contribution in [3.8, 4) is 0 Å². The van der Waals surface area contributed by atoms with Gasteiger partial charge in [0.25, 0.3) is 0 Å². The van der Waals surface area contributed by atoms with Gasteiger partial charge in [-0.25, -0.2) is 0 Å². The number of hydrogen-bond donors (Lipinski definition) is 3.